The standard InChI is InChI=1S/C10H15NO2/c1-4-10(2,3)9(12)11-5-7-13-8-6-11/h1H,5-8H2,2-3H3. The molecule has 72 valence electrons. The van der Waals surface area contributed by atoms with E-state index in [0.717, 1.165) is 0 Å². The Kier molecular flexibility index (Phi) is 2.94. The Hall–Kier alpha value is -1.01. The maximum Gasteiger partial charge on any atom is 0.240 e. The van der Waals surface area contributed by atoms with Crippen LogP contribution in [0.15, 0.2) is 0 Å². The van der Waals surface area contributed by atoms with Gasteiger partial charge in [0.1, 0.15) is 5.41 Å². The Labute approximate surface area is 79.1 Å². The normalized spacial score (nSPS) is 18.1. The number of terminal acetylenes is 1. The molecule has 0 N–H and O–H groups in total. The van der Waals surface area contributed by atoms with E-state index < -0.39 is 5.41 Å². The summed E-state index contributed by atoms with van der Waals surface area (Å²) in [6.45, 7) is 6.09. The van der Waals surface area contributed by atoms with Crippen LogP contribution in [0.1, 0.15) is 13.8 Å². The number of carbonyl (C=O) groups is 1. The molecule has 0 spiro atoms. The molecule has 13 heavy (non-hydrogen) atoms. The molecule has 0 aliphatic carbocycles. The quantitative estimate of drug-likeness (QED) is 0.551. The van der Waals surface area contributed by atoms with Gasteiger partial charge in [-0.15, -0.1) is 6.42 Å². The third-order valence-electron chi connectivity index (χ3n) is 2.19. The number of hydrogen-bond donors (Lipinski definition) is 0. The third kappa shape index (κ3) is 2.22. The summed E-state index contributed by atoms with van der Waals surface area (Å²) in [4.78, 5) is 13.5. The van der Waals surface area contributed by atoms with E-state index in [-0.39, 0.29) is 5.91 Å². The molecule has 0 atom stereocenters. The fraction of sp³-hybridized carbons (Fsp3) is 0.700. The summed E-state index contributed by atoms with van der Waals surface area (Å²) in [6, 6.07) is 0. The number of hydrogen-bond acceptors (Lipinski definition) is 2. The van der Waals surface area contributed by atoms with Crippen molar-refractivity contribution in [2.45, 2.75) is 13.8 Å². The predicted octanol–water partition coefficient (Wildman–Crippen LogP) is 0.505. The van der Waals surface area contributed by atoms with Gasteiger partial charge in [0, 0.05) is 13.1 Å². The molecular formula is C10H15NO2. The van der Waals surface area contributed by atoms with Gasteiger partial charge in [-0.05, 0) is 13.8 Å². The molecule has 0 bridgehead atoms. The molecule has 1 aliphatic heterocycles. The van der Waals surface area contributed by atoms with Gasteiger partial charge in [0.2, 0.25) is 5.91 Å². The second-order valence-corrected chi connectivity index (χ2v) is 3.67. The third-order valence-corrected chi connectivity index (χ3v) is 2.19. The van der Waals surface area contributed by atoms with E-state index in [4.69, 9.17) is 11.2 Å². The van der Waals surface area contributed by atoms with Gasteiger partial charge in [-0.3, -0.25) is 4.79 Å². The largest absolute Gasteiger partial charge is 0.378 e. The molecule has 1 aliphatic rings. The fourth-order valence-electron chi connectivity index (χ4n) is 1.22. The van der Waals surface area contributed by atoms with E-state index in [9.17, 15) is 4.79 Å². The van der Waals surface area contributed by atoms with Crippen molar-refractivity contribution in [3.8, 4) is 12.3 Å². The lowest BCUT2D eigenvalue weighted by molar-refractivity contribution is -0.141. The van der Waals surface area contributed by atoms with Crippen LogP contribution in [0.3, 0.4) is 0 Å². The zero-order chi connectivity index (χ0) is 9.90. The summed E-state index contributed by atoms with van der Waals surface area (Å²) in [5, 5.41) is 0. The average molecular weight is 181 g/mol. The lowest BCUT2D eigenvalue weighted by Crippen LogP contribution is -2.46. The SMILES string of the molecule is C#CC(C)(C)C(=O)N1CCOCC1. The Morgan fingerprint density at radius 2 is 2.00 bits per heavy atom. The minimum absolute atomic E-state index is 0.0262. The first kappa shape index (κ1) is 10.1. The van der Waals surface area contributed by atoms with Crippen molar-refractivity contribution in [1.29, 1.82) is 0 Å². The molecule has 1 amide bonds. The van der Waals surface area contributed by atoms with E-state index in [1.54, 1.807) is 18.7 Å². The van der Waals surface area contributed by atoms with Crippen LogP contribution in [0, 0.1) is 17.8 Å². The number of amides is 1. The molecule has 1 saturated heterocycles. The Morgan fingerprint density at radius 1 is 1.46 bits per heavy atom. The van der Waals surface area contributed by atoms with Gasteiger partial charge in [0.25, 0.3) is 0 Å². The second kappa shape index (κ2) is 3.80. The van der Waals surface area contributed by atoms with Crippen LogP contribution in [0.2, 0.25) is 0 Å². The number of rotatable bonds is 1. The zero-order valence-corrected chi connectivity index (χ0v) is 8.17. The smallest absolute Gasteiger partial charge is 0.240 e. The highest BCUT2D eigenvalue weighted by Crippen LogP contribution is 2.17. The van der Waals surface area contributed by atoms with Crippen LogP contribution >= 0.6 is 0 Å². The number of carbonyl (C=O) groups excluding carboxylic acids is 1. The first-order chi connectivity index (χ1) is 6.08. The molecule has 0 saturated carbocycles. The average Bonchev–Trinajstić information content (AvgIpc) is 2.18. The van der Waals surface area contributed by atoms with Gasteiger partial charge in [-0.2, -0.15) is 0 Å². The highest BCUT2D eigenvalue weighted by molar-refractivity contribution is 5.85. The lowest BCUT2D eigenvalue weighted by atomic mass is 9.93. The van der Waals surface area contributed by atoms with Crippen molar-refractivity contribution in [1.82, 2.24) is 4.90 Å². The highest BCUT2D eigenvalue weighted by atomic mass is 16.5. The van der Waals surface area contributed by atoms with Crippen molar-refractivity contribution < 1.29 is 9.53 Å². The van der Waals surface area contributed by atoms with Gasteiger partial charge in [-0.1, -0.05) is 5.92 Å². The van der Waals surface area contributed by atoms with Gasteiger partial charge in [-0.25, -0.2) is 0 Å². The Morgan fingerprint density at radius 3 is 2.46 bits per heavy atom. The van der Waals surface area contributed by atoms with Crippen molar-refractivity contribution in [3.05, 3.63) is 0 Å². The molecule has 0 aromatic rings. The van der Waals surface area contributed by atoms with Crippen molar-refractivity contribution in [3.63, 3.8) is 0 Å². The summed E-state index contributed by atoms with van der Waals surface area (Å²) in [5.41, 5.74) is -0.683. The minimum atomic E-state index is -0.683. The van der Waals surface area contributed by atoms with Crippen LogP contribution < -0.4 is 0 Å². The molecule has 0 radical (unpaired) electrons. The van der Waals surface area contributed by atoms with Crippen molar-refractivity contribution in [2.75, 3.05) is 26.3 Å². The van der Waals surface area contributed by atoms with E-state index in [2.05, 4.69) is 5.92 Å². The van der Waals surface area contributed by atoms with Gasteiger partial charge in [0.15, 0.2) is 0 Å². The molecule has 1 heterocycles. The Balaban J connectivity index is 2.61. The van der Waals surface area contributed by atoms with Crippen LogP contribution in [0.25, 0.3) is 0 Å². The lowest BCUT2D eigenvalue weighted by Gasteiger charge is -2.31. The van der Waals surface area contributed by atoms with Gasteiger partial charge >= 0.3 is 0 Å². The number of ether oxygens (including phenoxy) is 1. The summed E-state index contributed by atoms with van der Waals surface area (Å²) in [5.74, 6) is 2.53. The fourth-order valence-corrected chi connectivity index (χ4v) is 1.22. The van der Waals surface area contributed by atoms with Crippen molar-refractivity contribution >= 4 is 5.91 Å². The van der Waals surface area contributed by atoms with Crippen LogP contribution in [-0.4, -0.2) is 37.1 Å². The minimum Gasteiger partial charge on any atom is -0.378 e. The van der Waals surface area contributed by atoms with E-state index >= 15 is 0 Å². The van der Waals surface area contributed by atoms with Crippen LogP contribution in [0.4, 0.5) is 0 Å². The monoisotopic (exact) mass is 181 g/mol. The Bertz CT molecular complexity index is 234. The molecule has 3 heteroatoms. The summed E-state index contributed by atoms with van der Waals surface area (Å²) in [6.07, 6.45) is 5.29. The van der Waals surface area contributed by atoms with E-state index in [1.807, 2.05) is 0 Å². The number of morpholine rings is 1. The van der Waals surface area contributed by atoms with Gasteiger partial charge < -0.3 is 9.64 Å². The molecule has 0 unspecified atom stereocenters. The summed E-state index contributed by atoms with van der Waals surface area (Å²) in [7, 11) is 0. The molecule has 0 aromatic carbocycles. The first-order valence-electron chi connectivity index (χ1n) is 4.43. The maximum absolute atomic E-state index is 11.8. The summed E-state index contributed by atoms with van der Waals surface area (Å²) >= 11 is 0. The molecule has 0 aromatic heterocycles. The van der Waals surface area contributed by atoms with E-state index in [0.29, 0.717) is 26.3 Å². The first-order valence-corrected chi connectivity index (χ1v) is 4.43. The maximum atomic E-state index is 11.8. The molecule has 3 nitrogen and oxygen atoms in total. The topological polar surface area (TPSA) is 29.5 Å². The highest BCUT2D eigenvalue weighted by Gasteiger charge is 2.30. The zero-order valence-electron chi connectivity index (χ0n) is 8.17. The van der Waals surface area contributed by atoms with Crippen LogP contribution in [0.5, 0.6) is 0 Å². The predicted molar refractivity (Wildman–Crippen MR) is 50.0 cm³/mol. The van der Waals surface area contributed by atoms with Crippen molar-refractivity contribution in [2.24, 2.45) is 5.41 Å². The second-order valence-electron chi connectivity index (χ2n) is 3.67. The van der Waals surface area contributed by atoms with Gasteiger partial charge in [0.05, 0.1) is 13.2 Å². The molecule has 1 fully saturated rings. The number of nitrogens with zero attached hydrogens (tertiary/aromatic N) is 1. The molecular weight excluding hydrogens is 166 g/mol. The van der Waals surface area contributed by atoms with Crippen LogP contribution in [-0.2, 0) is 9.53 Å². The van der Waals surface area contributed by atoms with E-state index in [1.165, 1.54) is 0 Å². The summed E-state index contributed by atoms with van der Waals surface area (Å²) < 4.78 is 5.15. The molecule has 1 rings (SSSR count).